The second-order valence-corrected chi connectivity index (χ2v) is 5.31. The zero-order valence-corrected chi connectivity index (χ0v) is 9.82. The third-order valence-electron chi connectivity index (χ3n) is 4.18. The third kappa shape index (κ3) is 2.46. The fraction of sp³-hybridized carbons (Fsp3) is 0.769. The summed E-state index contributed by atoms with van der Waals surface area (Å²) in [5.74, 6) is 2.48. The van der Waals surface area contributed by atoms with Crippen LogP contribution in [0.3, 0.4) is 0 Å². The van der Waals surface area contributed by atoms with Crippen molar-refractivity contribution in [2.24, 2.45) is 23.5 Å². The molecule has 3 nitrogen and oxygen atoms in total. The first-order valence-electron chi connectivity index (χ1n) is 6.35. The summed E-state index contributed by atoms with van der Waals surface area (Å²) in [5, 5.41) is 2.98. The average molecular weight is 222 g/mol. The number of rotatable bonds is 5. The molecule has 2 bridgehead atoms. The summed E-state index contributed by atoms with van der Waals surface area (Å²) in [6.45, 7) is 4.42. The van der Waals surface area contributed by atoms with Gasteiger partial charge in [-0.3, -0.25) is 4.79 Å². The Hall–Kier alpha value is -0.830. The summed E-state index contributed by atoms with van der Waals surface area (Å²) in [6, 6.07) is -0.420. The van der Waals surface area contributed by atoms with E-state index in [9.17, 15) is 4.79 Å². The van der Waals surface area contributed by atoms with E-state index in [1.54, 1.807) is 6.08 Å². The fourth-order valence-corrected chi connectivity index (χ4v) is 3.28. The Balaban J connectivity index is 1.71. The molecule has 0 aliphatic heterocycles. The van der Waals surface area contributed by atoms with Gasteiger partial charge in [0, 0.05) is 6.54 Å². The average Bonchev–Trinajstić information content (AvgIpc) is 2.87. The van der Waals surface area contributed by atoms with Crippen LogP contribution in [0.1, 0.15) is 32.1 Å². The van der Waals surface area contributed by atoms with Gasteiger partial charge in [0.25, 0.3) is 0 Å². The van der Waals surface area contributed by atoms with Gasteiger partial charge < -0.3 is 11.1 Å². The lowest BCUT2D eigenvalue weighted by Crippen LogP contribution is -2.42. The molecule has 0 aromatic carbocycles. The van der Waals surface area contributed by atoms with Crippen molar-refractivity contribution in [2.75, 3.05) is 6.54 Å². The molecule has 3 N–H and O–H groups in total. The van der Waals surface area contributed by atoms with E-state index in [2.05, 4.69) is 11.9 Å². The molecule has 0 spiro atoms. The molecule has 2 aliphatic rings. The molecule has 16 heavy (non-hydrogen) atoms. The molecule has 0 aromatic rings. The van der Waals surface area contributed by atoms with Gasteiger partial charge in [-0.25, -0.2) is 0 Å². The minimum Gasteiger partial charge on any atom is -0.354 e. The summed E-state index contributed by atoms with van der Waals surface area (Å²) >= 11 is 0. The van der Waals surface area contributed by atoms with Crippen molar-refractivity contribution in [3.05, 3.63) is 12.7 Å². The SMILES string of the molecule is C=CCC(N)C(=O)NCC1CC2CCC1C2. The van der Waals surface area contributed by atoms with Crippen LogP contribution in [0.15, 0.2) is 12.7 Å². The van der Waals surface area contributed by atoms with E-state index in [0.717, 1.165) is 18.4 Å². The quantitative estimate of drug-likeness (QED) is 0.692. The Morgan fingerprint density at radius 2 is 2.31 bits per heavy atom. The van der Waals surface area contributed by atoms with Gasteiger partial charge in [0.15, 0.2) is 0 Å². The van der Waals surface area contributed by atoms with Gasteiger partial charge in [-0.15, -0.1) is 6.58 Å². The molecule has 90 valence electrons. The predicted molar refractivity (Wildman–Crippen MR) is 64.7 cm³/mol. The highest BCUT2D eigenvalue weighted by molar-refractivity contribution is 5.81. The van der Waals surface area contributed by atoms with Crippen molar-refractivity contribution in [1.82, 2.24) is 5.32 Å². The number of carbonyl (C=O) groups is 1. The molecule has 0 radical (unpaired) electrons. The molecule has 0 heterocycles. The van der Waals surface area contributed by atoms with Crippen molar-refractivity contribution in [2.45, 2.75) is 38.1 Å². The molecule has 4 unspecified atom stereocenters. The van der Waals surface area contributed by atoms with E-state index in [1.165, 1.54) is 25.7 Å². The molecule has 4 atom stereocenters. The first-order valence-corrected chi connectivity index (χ1v) is 6.35. The number of nitrogens with two attached hydrogens (primary N) is 1. The molecule has 2 aliphatic carbocycles. The lowest BCUT2D eigenvalue weighted by molar-refractivity contribution is -0.122. The first-order chi connectivity index (χ1) is 7.70. The van der Waals surface area contributed by atoms with Crippen LogP contribution in [0.4, 0.5) is 0 Å². The number of hydrogen-bond donors (Lipinski definition) is 2. The van der Waals surface area contributed by atoms with Crippen LogP contribution in [-0.4, -0.2) is 18.5 Å². The third-order valence-corrected chi connectivity index (χ3v) is 4.18. The summed E-state index contributed by atoms with van der Waals surface area (Å²) in [5.41, 5.74) is 5.71. The van der Waals surface area contributed by atoms with Crippen LogP contribution < -0.4 is 11.1 Å². The van der Waals surface area contributed by atoms with Gasteiger partial charge in [-0.05, 0) is 43.4 Å². The van der Waals surface area contributed by atoms with Crippen molar-refractivity contribution >= 4 is 5.91 Å². The van der Waals surface area contributed by atoms with Crippen LogP contribution in [0.5, 0.6) is 0 Å². The lowest BCUT2D eigenvalue weighted by Gasteiger charge is -2.22. The van der Waals surface area contributed by atoms with Crippen molar-refractivity contribution in [3.8, 4) is 0 Å². The molecule has 0 saturated heterocycles. The zero-order valence-electron chi connectivity index (χ0n) is 9.82. The number of amides is 1. The number of carbonyl (C=O) groups excluding carboxylic acids is 1. The van der Waals surface area contributed by atoms with E-state index in [1.807, 2.05) is 0 Å². The molecule has 2 rings (SSSR count). The maximum absolute atomic E-state index is 11.6. The Labute approximate surface area is 97.5 Å². The van der Waals surface area contributed by atoms with Crippen molar-refractivity contribution in [1.29, 1.82) is 0 Å². The largest absolute Gasteiger partial charge is 0.354 e. The Kier molecular flexibility index (Phi) is 3.64. The van der Waals surface area contributed by atoms with Crippen LogP contribution in [0.2, 0.25) is 0 Å². The Bertz CT molecular complexity index is 277. The van der Waals surface area contributed by atoms with E-state index in [4.69, 9.17) is 5.73 Å². The summed E-state index contributed by atoms with van der Waals surface area (Å²) in [4.78, 5) is 11.6. The smallest absolute Gasteiger partial charge is 0.237 e. The Morgan fingerprint density at radius 3 is 2.88 bits per heavy atom. The van der Waals surface area contributed by atoms with E-state index in [-0.39, 0.29) is 5.91 Å². The monoisotopic (exact) mass is 222 g/mol. The minimum absolute atomic E-state index is 0.0253. The minimum atomic E-state index is -0.420. The van der Waals surface area contributed by atoms with Gasteiger partial charge in [-0.2, -0.15) is 0 Å². The normalized spacial score (nSPS) is 33.7. The number of hydrogen-bond acceptors (Lipinski definition) is 2. The zero-order chi connectivity index (χ0) is 11.5. The maximum Gasteiger partial charge on any atom is 0.237 e. The topological polar surface area (TPSA) is 55.1 Å². The summed E-state index contributed by atoms with van der Waals surface area (Å²) in [7, 11) is 0. The van der Waals surface area contributed by atoms with E-state index < -0.39 is 6.04 Å². The number of fused-ring (bicyclic) bond motifs is 2. The van der Waals surface area contributed by atoms with Gasteiger partial charge in [0.2, 0.25) is 5.91 Å². The molecule has 1 amide bonds. The molecule has 2 saturated carbocycles. The molecular formula is C13H22N2O. The standard InChI is InChI=1S/C13H22N2O/c1-2-3-12(14)13(16)15-8-11-7-9-4-5-10(11)6-9/h2,9-12H,1,3-8,14H2,(H,15,16). The Morgan fingerprint density at radius 1 is 1.50 bits per heavy atom. The molecule has 0 aromatic heterocycles. The van der Waals surface area contributed by atoms with Crippen molar-refractivity contribution in [3.63, 3.8) is 0 Å². The fourth-order valence-electron chi connectivity index (χ4n) is 3.28. The number of nitrogens with one attached hydrogen (secondary N) is 1. The predicted octanol–water partition coefficient (Wildman–Crippen LogP) is 1.44. The molecular weight excluding hydrogens is 200 g/mol. The van der Waals surface area contributed by atoms with Gasteiger partial charge in [-0.1, -0.05) is 12.5 Å². The highest BCUT2D eigenvalue weighted by atomic mass is 16.2. The maximum atomic E-state index is 11.6. The van der Waals surface area contributed by atoms with Gasteiger partial charge >= 0.3 is 0 Å². The molecule has 3 heteroatoms. The lowest BCUT2D eigenvalue weighted by atomic mass is 9.89. The van der Waals surface area contributed by atoms with Crippen LogP contribution in [-0.2, 0) is 4.79 Å². The van der Waals surface area contributed by atoms with E-state index in [0.29, 0.717) is 12.3 Å². The molecule has 2 fully saturated rings. The van der Waals surface area contributed by atoms with Crippen LogP contribution in [0, 0.1) is 17.8 Å². The van der Waals surface area contributed by atoms with Crippen LogP contribution in [0.25, 0.3) is 0 Å². The highest BCUT2D eigenvalue weighted by Gasteiger charge is 2.39. The highest BCUT2D eigenvalue weighted by Crippen LogP contribution is 2.47. The second-order valence-electron chi connectivity index (χ2n) is 5.31. The van der Waals surface area contributed by atoms with Gasteiger partial charge in [0.05, 0.1) is 6.04 Å². The summed E-state index contributed by atoms with van der Waals surface area (Å²) in [6.07, 6.45) is 7.72. The van der Waals surface area contributed by atoms with Gasteiger partial charge in [0.1, 0.15) is 0 Å². The van der Waals surface area contributed by atoms with Crippen LogP contribution >= 0.6 is 0 Å². The first kappa shape index (κ1) is 11.6. The van der Waals surface area contributed by atoms with Crippen molar-refractivity contribution < 1.29 is 4.79 Å². The van der Waals surface area contributed by atoms with E-state index >= 15 is 0 Å². The summed E-state index contributed by atoms with van der Waals surface area (Å²) < 4.78 is 0. The second kappa shape index (κ2) is 5.00.